The number of nitrogens with zero attached hydrogens (tertiary/aromatic N) is 2. The molecule has 1 aliphatic heterocycles. The van der Waals surface area contributed by atoms with Crippen molar-refractivity contribution in [2.75, 3.05) is 7.05 Å². The van der Waals surface area contributed by atoms with Gasteiger partial charge in [-0.2, -0.15) is 5.10 Å². The van der Waals surface area contributed by atoms with Crippen molar-refractivity contribution in [1.82, 2.24) is 5.01 Å². The van der Waals surface area contributed by atoms with E-state index < -0.39 is 0 Å². The zero-order valence-corrected chi connectivity index (χ0v) is 8.13. The first kappa shape index (κ1) is 8.57. The summed E-state index contributed by atoms with van der Waals surface area (Å²) in [6, 6.07) is 0.558. The van der Waals surface area contributed by atoms with E-state index in [4.69, 9.17) is 0 Å². The summed E-state index contributed by atoms with van der Waals surface area (Å²) < 4.78 is 0. The van der Waals surface area contributed by atoms with Crippen molar-refractivity contribution >= 4 is 6.21 Å². The SMILES string of the molecule is CC(C)C1N(C)N=CC1(C)C. The van der Waals surface area contributed by atoms with E-state index in [2.05, 4.69) is 51.1 Å². The Labute approximate surface area is 69.3 Å². The molecule has 0 fully saturated rings. The van der Waals surface area contributed by atoms with Crippen LogP contribution >= 0.6 is 0 Å². The van der Waals surface area contributed by atoms with E-state index in [1.165, 1.54) is 0 Å². The zero-order valence-electron chi connectivity index (χ0n) is 8.13. The van der Waals surface area contributed by atoms with Crippen LogP contribution in [0, 0.1) is 11.3 Å². The van der Waals surface area contributed by atoms with Gasteiger partial charge in [-0.1, -0.05) is 27.7 Å². The average molecular weight is 154 g/mol. The van der Waals surface area contributed by atoms with Crippen molar-refractivity contribution in [2.45, 2.75) is 33.7 Å². The Morgan fingerprint density at radius 3 is 2.18 bits per heavy atom. The van der Waals surface area contributed by atoms with Gasteiger partial charge in [-0.15, -0.1) is 0 Å². The summed E-state index contributed by atoms with van der Waals surface area (Å²) >= 11 is 0. The van der Waals surface area contributed by atoms with Crippen molar-refractivity contribution in [2.24, 2.45) is 16.4 Å². The van der Waals surface area contributed by atoms with Crippen LogP contribution in [0.4, 0.5) is 0 Å². The van der Waals surface area contributed by atoms with E-state index in [-0.39, 0.29) is 5.41 Å². The molecule has 0 aromatic carbocycles. The van der Waals surface area contributed by atoms with Gasteiger partial charge in [0.2, 0.25) is 0 Å². The van der Waals surface area contributed by atoms with Crippen LogP contribution in [0.25, 0.3) is 0 Å². The van der Waals surface area contributed by atoms with Gasteiger partial charge in [0.05, 0.1) is 6.04 Å². The van der Waals surface area contributed by atoms with Crippen LogP contribution in [0.1, 0.15) is 27.7 Å². The molecule has 11 heavy (non-hydrogen) atoms. The fraction of sp³-hybridized carbons (Fsp3) is 0.889. The van der Waals surface area contributed by atoms with E-state index in [1.807, 2.05) is 0 Å². The Kier molecular flexibility index (Phi) is 1.95. The maximum absolute atomic E-state index is 4.30. The lowest BCUT2D eigenvalue weighted by Crippen LogP contribution is -2.39. The van der Waals surface area contributed by atoms with Crippen LogP contribution in [0.15, 0.2) is 5.10 Å². The first-order valence-electron chi connectivity index (χ1n) is 4.23. The van der Waals surface area contributed by atoms with Crippen LogP contribution in [0.2, 0.25) is 0 Å². The van der Waals surface area contributed by atoms with Crippen molar-refractivity contribution < 1.29 is 0 Å². The fourth-order valence-corrected chi connectivity index (χ4v) is 2.16. The highest BCUT2D eigenvalue weighted by atomic mass is 15.5. The van der Waals surface area contributed by atoms with Crippen LogP contribution in [0.5, 0.6) is 0 Å². The molecule has 1 rings (SSSR count). The van der Waals surface area contributed by atoms with Gasteiger partial charge >= 0.3 is 0 Å². The fourth-order valence-electron chi connectivity index (χ4n) is 2.16. The standard InChI is InChI=1S/C9H18N2/c1-7(2)8-9(3,4)6-10-11(8)5/h6-8H,1-5H3. The summed E-state index contributed by atoms with van der Waals surface area (Å²) in [6.07, 6.45) is 2.05. The van der Waals surface area contributed by atoms with Crippen molar-refractivity contribution in [3.05, 3.63) is 0 Å². The molecule has 2 nitrogen and oxygen atoms in total. The molecule has 0 aliphatic carbocycles. The van der Waals surface area contributed by atoms with Gasteiger partial charge in [-0.3, -0.25) is 5.01 Å². The predicted molar refractivity (Wildman–Crippen MR) is 48.7 cm³/mol. The molecule has 1 aliphatic rings. The molecule has 0 N–H and O–H groups in total. The van der Waals surface area contributed by atoms with Gasteiger partial charge in [0.15, 0.2) is 0 Å². The molecule has 0 saturated carbocycles. The van der Waals surface area contributed by atoms with Gasteiger partial charge in [-0.05, 0) is 5.92 Å². The average Bonchev–Trinajstić information content (AvgIpc) is 2.06. The predicted octanol–water partition coefficient (Wildman–Crippen LogP) is 1.97. The number of hydrogen-bond acceptors (Lipinski definition) is 2. The highest BCUT2D eigenvalue weighted by Crippen LogP contribution is 2.32. The van der Waals surface area contributed by atoms with Crippen LogP contribution in [0.3, 0.4) is 0 Å². The Bertz CT molecular complexity index is 170. The second-order valence-electron chi connectivity index (χ2n) is 4.33. The summed E-state index contributed by atoms with van der Waals surface area (Å²) in [5, 5.41) is 6.37. The summed E-state index contributed by atoms with van der Waals surface area (Å²) in [5.41, 5.74) is 0.239. The van der Waals surface area contributed by atoms with E-state index in [0.29, 0.717) is 12.0 Å². The molecule has 1 unspecified atom stereocenters. The zero-order chi connectivity index (χ0) is 8.65. The first-order chi connectivity index (χ1) is 4.95. The Balaban J connectivity index is 2.79. The topological polar surface area (TPSA) is 15.6 Å². The third-order valence-electron chi connectivity index (χ3n) is 2.37. The lowest BCUT2D eigenvalue weighted by atomic mass is 9.80. The largest absolute Gasteiger partial charge is 0.296 e. The highest BCUT2D eigenvalue weighted by molar-refractivity contribution is 5.67. The van der Waals surface area contributed by atoms with E-state index >= 15 is 0 Å². The first-order valence-corrected chi connectivity index (χ1v) is 4.23. The normalized spacial score (nSPS) is 28.5. The second-order valence-corrected chi connectivity index (χ2v) is 4.33. The third-order valence-corrected chi connectivity index (χ3v) is 2.37. The minimum absolute atomic E-state index is 0.239. The second kappa shape index (κ2) is 2.50. The minimum Gasteiger partial charge on any atom is -0.296 e. The maximum Gasteiger partial charge on any atom is 0.0591 e. The van der Waals surface area contributed by atoms with Crippen LogP contribution in [-0.4, -0.2) is 24.3 Å². The van der Waals surface area contributed by atoms with Gasteiger partial charge in [-0.25, -0.2) is 0 Å². The molecule has 0 spiro atoms. The quantitative estimate of drug-likeness (QED) is 0.564. The van der Waals surface area contributed by atoms with E-state index in [9.17, 15) is 0 Å². The molecule has 0 aromatic heterocycles. The molecule has 1 atom stereocenters. The number of hydrogen-bond donors (Lipinski definition) is 0. The molecule has 0 radical (unpaired) electrons. The van der Waals surface area contributed by atoms with Gasteiger partial charge in [0, 0.05) is 18.7 Å². The molecular weight excluding hydrogens is 136 g/mol. The smallest absolute Gasteiger partial charge is 0.0591 e. The maximum atomic E-state index is 4.30. The third kappa shape index (κ3) is 1.39. The van der Waals surface area contributed by atoms with E-state index in [1.54, 1.807) is 0 Å². The molecule has 0 bridgehead atoms. The molecular formula is C9H18N2. The van der Waals surface area contributed by atoms with Gasteiger partial charge < -0.3 is 0 Å². The number of rotatable bonds is 1. The minimum atomic E-state index is 0.239. The van der Waals surface area contributed by atoms with Gasteiger partial charge in [0.25, 0.3) is 0 Å². The van der Waals surface area contributed by atoms with Crippen molar-refractivity contribution in [3.8, 4) is 0 Å². The lowest BCUT2D eigenvalue weighted by molar-refractivity contribution is 0.151. The van der Waals surface area contributed by atoms with Crippen LogP contribution in [-0.2, 0) is 0 Å². The Hall–Kier alpha value is -0.530. The van der Waals surface area contributed by atoms with Crippen molar-refractivity contribution in [1.29, 1.82) is 0 Å². The van der Waals surface area contributed by atoms with Crippen molar-refractivity contribution in [3.63, 3.8) is 0 Å². The molecule has 0 amide bonds. The van der Waals surface area contributed by atoms with Crippen LogP contribution < -0.4 is 0 Å². The highest BCUT2D eigenvalue weighted by Gasteiger charge is 2.37. The molecule has 64 valence electrons. The monoisotopic (exact) mass is 154 g/mol. The molecule has 0 saturated heterocycles. The molecule has 2 heteroatoms. The molecule has 0 aromatic rings. The van der Waals surface area contributed by atoms with Gasteiger partial charge in [0.1, 0.15) is 0 Å². The molecule has 1 heterocycles. The lowest BCUT2D eigenvalue weighted by Gasteiger charge is -2.32. The summed E-state index contributed by atoms with van der Waals surface area (Å²) in [4.78, 5) is 0. The Morgan fingerprint density at radius 2 is 2.00 bits per heavy atom. The summed E-state index contributed by atoms with van der Waals surface area (Å²) in [5.74, 6) is 0.664. The summed E-state index contributed by atoms with van der Waals surface area (Å²) in [7, 11) is 2.05. The Morgan fingerprint density at radius 1 is 1.45 bits per heavy atom. The van der Waals surface area contributed by atoms with E-state index in [0.717, 1.165) is 0 Å². The summed E-state index contributed by atoms with van der Waals surface area (Å²) in [6.45, 7) is 8.98. The number of hydrazone groups is 1.